The first-order valence-corrected chi connectivity index (χ1v) is 30.7. The molecule has 0 aromatic heterocycles. The van der Waals surface area contributed by atoms with Gasteiger partial charge in [0.15, 0.2) is 6.10 Å². The third-order valence-electron chi connectivity index (χ3n) is 12.4. The van der Waals surface area contributed by atoms with E-state index < -0.39 is 57.8 Å². The van der Waals surface area contributed by atoms with Gasteiger partial charge >= 0.3 is 25.7 Å². The highest BCUT2D eigenvalue weighted by molar-refractivity contribution is 7.47. The predicted molar refractivity (Wildman–Crippen MR) is 298 cm³/mol. The molecule has 0 heterocycles. The van der Waals surface area contributed by atoms with Crippen LogP contribution in [-0.2, 0) is 42.2 Å². The highest BCUT2D eigenvalue weighted by Gasteiger charge is 2.28. The third kappa shape index (κ3) is 52.1. The van der Waals surface area contributed by atoms with E-state index in [9.17, 15) is 28.9 Å². The first kappa shape index (κ1) is 69.2. The molecule has 0 amide bonds. The highest BCUT2D eigenvalue weighted by atomic mass is 31.2. The number of unbranched alkanes of at least 4 members (excludes halogenated alkanes) is 27. The zero-order valence-corrected chi connectivity index (χ0v) is 47.0. The molecule has 11 nitrogen and oxygen atoms in total. The van der Waals surface area contributed by atoms with Crippen LogP contribution in [0.4, 0.5) is 0 Å². The molecule has 0 rings (SSSR count). The number of esters is 3. The molecular formula is C60H107O11P. The lowest BCUT2D eigenvalue weighted by Crippen LogP contribution is -2.30. The number of hydrogen-bond donors (Lipinski definition) is 2. The van der Waals surface area contributed by atoms with E-state index >= 15 is 0 Å². The number of aliphatic hydroxyl groups is 1. The Hall–Kier alpha value is -2.82. The second kappa shape index (κ2) is 54.4. The fourth-order valence-corrected chi connectivity index (χ4v) is 8.77. The van der Waals surface area contributed by atoms with E-state index in [0.717, 1.165) is 103 Å². The summed E-state index contributed by atoms with van der Waals surface area (Å²) in [5.41, 5.74) is 0. The Balaban J connectivity index is 4.74. The van der Waals surface area contributed by atoms with Crippen molar-refractivity contribution in [2.24, 2.45) is 0 Å². The summed E-state index contributed by atoms with van der Waals surface area (Å²) in [5, 5.41) is 9.81. The second-order valence-corrected chi connectivity index (χ2v) is 20.9. The Morgan fingerprint density at radius 1 is 0.403 bits per heavy atom. The number of phosphoric ester groups is 1. The van der Waals surface area contributed by atoms with E-state index in [1.165, 1.54) is 103 Å². The number of aliphatic hydroxyl groups excluding tert-OH is 1. The van der Waals surface area contributed by atoms with Crippen LogP contribution in [0.5, 0.6) is 0 Å². The van der Waals surface area contributed by atoms with Crippen molar-refractivity contribution in [3.8, 4) is 0 Å². The van der Waals surface area contributed by atoms with Crippen LogP contribution in [-0.4, -0.2) is 66.5 Å². The zero-order valence-electron chi connectivity index (χ0n) is 46.1. The number of carbonyl (C=O) groups excluding carboxylic acids is 3. The topological polar surface area (TPSA) is 155 Å². The van der Waals surface area contributed by atoms with Crippen molar-refractivity contribution in [2.45, 2.75) is 277 Å². The molecule has 0 saturated carbocycles. The Labute approximate surface area is 440 Å². The molecule has 0 saturated heterocycles. The summed E-state index contributed by atoms with van der Waals surface area (Å²) in [6.45, 7) is 4.50. The molecule has 0 aliphatic heterocycles. The van der Waals surface area contributed by atoms with Crippen LogP contribution in [0.2, 0.25) is 0 Å². The van der Waals surface area contributed by atoms with Crippen LogP contribution in [0, 0.1) is 0 Å². The molecule has 0 bridgehead atoms. The molecule has 0 aliphatic carbocycles. The first-order chi connectivity index (χ1) is 35.2. The van der Waals surface area contributed by atoms with Crippen molar-refractivity contribution in [1.29, 1.82) is 0 Å². The van der Waals surface area contributed by atoms with E-state index in [1.54, 1.807) is 0 Å². The van der Waals surface area contributed by atoms with E-state index in [2.05, 4.69) is 81.5 Å². The minimum absolute atomic E-state index is 0.147. The fraction of sp³-hybridized carbons (Fsp3) is 0.783. The van der Waals surface area contributed by atoms with Gasteiger partial charge in [0, 0.05) is 19.3 Å². The summed E-state index contributed by atoms with van der Waals surface area (Å²) in [7, 11) is -4.75. The zero-order chi connectivity index (χ0) is 52.7. The minimum Gasteiger partial charge on any atom is -0.462 e. The van der Waals surface area contributed by atoms with Crippen LogP contribution in [0.25, 0.3) is 0 Å². The van der Waals surface area contributed by atoms with Crippen LogP contribution in [0.3, 0.4) is 0 Å². The standard InChI is InChI=1S/C60H107O11P/c1-4-7-10-13-16-19-22-25-27-28-30-32-34-37-40-43-46-49-58(62)67-53-57(71-60(64)51-48-45-42-39-36-33-29-26-23-20-17-14-11-8-5-2)55-69-72(65,66)68-54-56(52-61)70-59(63)50-47-44-41-38-35-31-24-21-18-15-12-9-6-3/h8,11,16-17,19-20,25-27,29,56-57,61H,4-7,9-10,12-15,18,21-24,28,30-55H2,1-3H3,(H,65,66)/b11-8-,19-16-,20-17-,27-25-,29-26-. The molecule has 0 fully saturated rings. The number of ether oxygens (including phenoxy) is 3. The fourth-order valence-electron chi connectivity index (χ4n) is 7.99. The number of carbonyl (C=O) groups is 3. The summed E-state index contributed by atoms with van der Waals surface area (Å²) in [6, 6.07) is 0. The van der Waals surface area contributed by atoms with Gasteiger partial charge in [-0.1, -0.05) is 223 Å². The van der Waals surface area contributed by atoms with Gasteiger partial charge in [-0.3, -0.25) is 23.4 Å². The number of rotatable bonds is 54. The SMILES string of the molecule is CC/C=C\C/C=C\C/C=C\CCCCCCCC(=O)OC(COC(=O)CCCCCCCCC/C=C\C/C=C\CCCCC)COP(=O)(O)OCC(CO)OC(=O)CCCCCCCCCCCCCCC. The third-order valence-corrected chi connectivity index (χ3v) is 13.4. The number of hydrogen-bond acceptors (Lipinski definition) is 10. The average Bonchev–Trinajstić information content (AvgIpc) is 3.37. The molecule has 418 valence electrons. The molecule has 2 N–H and O–H groups in total. The quantitative estimate of drug-likeness (QED) is 0.0197. The predicted octanol–water partition coefficient (Wildman–Crippen LogP) is 17.1. The first-order valence-electron chi connectivity index (χ1n) is 29.2. The Morgan fingerprint density at radius 2 is 0.722 bits per heavy atom. The molecule has 12 heteroatoms. The molecule has 3 unspecified atom stereocenters. The lowest BCUT2D eigenvalue weighted by Gasteiger charge is -2.21. The number of allylic oxidation sites excluding steroid dienone is 10. The average molecular weight is 1040 g/mol. The normalized spacial score (nSPS) is 13.8. The van der Waals surface area contributed by atoms with Crippen molar-refractivity contribution in [3.05, 3.63) is 60.8 Å². The monoisotopic (exact) mass is 1030 g/mol. The van der Waals surface area contributed by atoms with Crippen LogP contribution >= 0.6 is 7.82 Å². The highest BCUT2D eigenvalue weighted by Crippen LogP contribution is 2.43. The van der Waals surface area contributed by atoms with Gasteiger partial charge in [-0.25, -0.2) is 4.57 Å². The maximum absolute atomic E-state index is 12.9. The summed E-state index contributed by atoms with van der Waals surface area (Å²) < 4.78 is 39.5. The van der Waals surface area contributed by atoms with Gasteiger partial charge in [-0.2, -0.15) is 0 Å². The second-order valence-electron chi connectivity index (χ2n) is 19.4. The lowest BCUT2D eigenvalue weighted by molar-refractivity contribution is -0.161. The summed E-state index contributed by atoms with van der Waals surface area (Å²) >= 11 is 0. The van der Waals surface area contributed by atoms with Gasteiger partial charge in [0.1, 0.15) is 12.7 Å². The summed E-state index contributed by atoms with van der Waals surface area (Å²) in [6.07, 6.45) is 58.9. The van der Waals surface area contributed by atoms with Gasteiger partial charge in [-0.05, 0) is 83.5 Å². The largest absolute Gasteiger partial charge is 0.472 e. The maximum atomic E-state index is 12.9. The van der Waals surface area contributed by atoms with Crippen molar-refractivity contribution >= 4 is 25.7 Å². The molecule has 0 aromatic rings. The molecular weight excluding hydrogens is 928 g/mol. The van der Waals surface area contributed by atoms with Gasteiger partial charge in [0.2, 0.25) is 0 Å². The van der Waals surface area contributed by atoms with E-state index in [0.29, 0.717) is 19.3 Å². The summed E-state index contributed by atoms with van der Waals surface area (Å²) in [5.74, 6) is -1.48. The van der Waals surface area contributed by atoms with Crippen molar-refractivity contribution < 1.29 is 52.2 Å². The van der Waals surface area contributed by atoms with Gasteiger partial charge in [0.05, 0.1) is 19.8 Å². The minimum atomic E-state index is -4.75. The van der Waals surface area contributed by atoms with Crippen LogP contribution in [0.1, 0.15) is 265 Å². The Morgan fingerprint density at radius 3 is 1.14 bits per heavy atom. The van der Waals surface area contributed by atoms with Crippen molar-refractivity contribution in [3.63, 3.8) is 0 Å². The van der Waals surface area contributed by atoms with E-state index in [1.807, 2.05) is 0 Å². The molecule has 0 aromatic carbocycles. The smallest absolute Gasteiger partial charge is 0.462 e. The summed E-state index contributed by atoms with van der Waals surface area (Å²) in [4.78, 5) is 48.5. The van der Waals surface area contributed by atoms with Gasteiger partial charge in [-0.15, -0.1) is 0 Å². The molecule has 0 aliphatic rings. The van der Waals surface area contributed by atoms with Crippen LogP contribution < -0.4 is 0 Å². The number of phosphoric acid groups is 1. The molecule has 0 radical (unpaired) electrons. The van der Waals surface area contributed by atoms with Crippen molar-refractivity contribution in [1.82, 2.24) is 0 Å². The van der Waals surface area contributed by atoms with E-state index in [4.69, 9.17) is 23.3 Å². The van der Waals surface area contributed by atoms with Gasteiger partial charge < -0.3 is 24.2 Å². The van der Waals surface area contributed by atoms with Gasteiger partial charge in [0.25, 0.3) is 0 Å². The van der Waals surface area contributed by atoms with E-state index in [-0.39, 0.29) is 25.9 Å². The Bertz CT molecular complexity index is 1440. The van der Waals surface area contributed by atoms with Crippen molar-refractivity contribution in [2.75, 3.05) is 26.4 Å². The van der Waals surface area contributed by atoms with Crippen LogP contribution in [0.15, 0.2) is 60.8 Å². The lowest BCUT2D eigenvalue weighted by atomic mass is 10.0. The molecule has 3 atom stereocenters. The molecule has 72 heavy (non-hydrogen) atoms. The Kier molecular flexibility index (Phi) is 52.3. The molecule has 0 spiro atoms. The maximum Gasteiger partial charge on any atom is 0.472 e.